The summed E-state index contributed by atoms with van der Waals surface area (Å²) in [6.45, 7) is 5.47. The van der Waals surface area contributed by atoms with Gasteiger partial charge >= 0.3 is 0 Å². The van der Waals surface area contributed by atoms with Crippen molar-refractivity contribution in [2.45, 2.75) is 19.4 Å². The summed E-state index contributed by atoms with van der Waals surface area (Å²) in [5.74, 6) is -0.564. The van der Waals surface area contributed by atoms with Crippen molar-refractivity contribution in [3.8, 4) is 0 Å². The van der Waals surface area contributed by atoms with Crippen LogP contribution in [0.4, 0.5) is 10.1 Å². The molecule has 5 nitrogen and oxygen atoms in total. The number of benzene rings is 1. The summed E-state index contributed by atoms with van der Waals surface area (Å²) in [5.41, 5.74) is 0.487. The van der Waals surface area contributed by atoms with Crippen molar-refractivity contribution in [1.82, 2.24) is 10.2 Å². The Morgan fingerprint density at radius 1 is 1.47 bits per heavy atom. The Morgan fingerprint density at radius 2 is 2.16 bits per heavy atom. The molecule has 0 bridgehead atoms. The van der Waals surface area contributed by atoms with E-state index >= 15 is 0 Å². The maximum Gasteiger partial charge on any atom is 0.277 e. The molecule has 0 spiro atoms. The number of hydrogen-bond donors (Lipinski definition) is 1. The van der Waals surface area contributed by atoms with E-state index in [1.54, 1.807) is 6.07 Å². The average Bonchev–Trinajstić information content (AvgIpc) is 2.42. The lowest BCUT2D eigenvalue weighted by Crippen LogP contribution is -2.45. The van der Waals surface area contributed by atoms with Crippen LogP contribution in [-0.4, -0.2) is 36.0 Å². The van der Waals surface area contributed by atoms with Crippen molar-refractivity contribution in [2.75, 3.05) is 26.2 Å². The lowest BCUT2D eigenvalue weighted by atomic mass is 10.00. The number of hydrogen-bond acceptors (Lipinski definition) is 4. The van der Waals surface area contributed by atoms with Crippen LogP contribution in [0.3, 0.4) is 0 Å². The Morgan fingerprint density at radius 3 is 2.74 bits per heavy atom. The van der Waals surface area contributed by atoms with Gasteiger partial charge in [-0.3, -0.25) is 15.0 Å². The summed E-state index contributed by atoms with van der Waals surface area (Å²) in [6.07, 6.45) is 0.770. The Hall–Kier alpha value is -1.53. The van der Waals surface area contributed by atoms with Gasteiger partial charge in [0.25, 0.3) is 5.69 Å². The van der Waals surface area contributed by atoms with Crippen LogP contribution in [0.2, 0.25) is 0 Å². The van der Waals surface area contributed by atoms with Crippen molar-refractivity contribution in [3.05, 3.63) is 39.7 Å². The van der Waals surface area contributed by atoms with Gasteiger partial charge in [-0.05, 0) is 18.6 Å². The highest BCUT2D eigenvalue weighted by atomic mass is 19.1. The number of nitrogens with zero attached hydrogens (tertiary/aromatic N) is 2. The van der Waals surface area contributed by atoms with Crippen LogP contribution in [-0.2, 0) is 0 Å². The second-order valence-corrected chi connectivity index (χ2v) is 4.67. The molecular formula is C13H18FN3O2. The molecule has 6 heteroatoms. The van der Waals surface area contributed by atoms with E-state index in [1.165, 1.54) is 6.07 Å². The highest BCUT2D eigenvalue weighted by Crippen LogP contribution is 2.32. The van der Waals surface area contributed by atoms with Gasteiger partial charge in [-0.2, -0.15) is 0 Å². The van der Waals surface area contributed by atoms with Gasteiger partial charge in [-0.25, -0.2) is 4.39 Å². The molecule has 2 rings (SSSR count). The number of halogens is 1. The topological polar surface area (TPSA) is 58.4 Å². The standard InChI is InChI=1S/C13H18FN3O2/c1-2-12(16-7-5-15-6-8-16)11-4-3-10(14)9-13(11)17(18)19/h3-4,9,12,15H,2,5-8H2,1H3/t12-/m1/s1. The minimum absolute atomic E-state index is 0.0249. The molecule has 1 heterocycles. The van der Waals surface area contributed by atoms with E-state index in [1.807, 2.05) is 6.92 Å². The van der Waals surface area contributed by atoms with Gasteiger partial charge in [0.05, 0.1) is 11.0 Å². The number of nitrogens with one attached hydrogen (secondary N) is 1. The molecule has 1 atom stereocenters. The van der Waals surface area contributed by atoms with Crippen LogP contribution < -0.4 is 5.32 Å². The summed E-state index contributed by atoms with van der Waals surface area (Å²) in [6, 6.07) is 3.83. The third-order valence-corrected chi connectivity index (χ3v) is 3.53. The maximum absolute atomic E-state index is 13.2. The molecule has 1 aliphatic heterocycles. The summed E-state index contributed by atoms with van der Waals surface area (Å²) in [7, 11) is 0. The van der Waals surface area contributed by atoms with Crippen molar-refractivity contribution in [2.24, 2.45) is 0 Å². The molecule has 1 aromatic carbocycles. The predicted octanol–water partition coefficient (Wildman–Crippen LogP) is 2.09. The van der Waals surface area contributed by atoms with Gasteiger partial charge in [0.1, 0.15) is 5.82 Å². The Labute approximate surface area is 111 Å². The Balaban J connectivity index is 2.34. The van der Waals surface area contributed by atoms with Gasteiger partial charge in [0.2, 0.25) is 0 Å². The minimum atomic E-state index is -0.564. The van der Waals surface area contributed by atoms with E-state index in [4.69, 9.17) is 0 Å². The summed E-state index contributed by atoms with van der Waals surface area (Å²) >= 11 is 0. The quantitative estimate of drug-likeness (QED) is 0.670. The monoisotopic (exact) mass is 267 g/mol. The van der Waals surface area contributed by atoms with Crippen LogP contribution in [0.5, 0.6) is 0 Å². The fourth-order valence-electron chi connectivity index (χ4n) is 2.63. The smallest absolute Gasteiger partial charge is 0.277 e. The van der Waals surface area contributed by atoms with E-state index in [-0.39, 0.29) is 11.7 Å². The number of nitro groups is 1. The predicted molar refractivity (Wildman–Crippen MR) is 70.5 cm³/mol. The molecule has 0 unspecified atom stereocenters. The van der Waals surface area contributed by atoms with E-state index in [9.17, 15) is 14.5 Å². The van der Waals surface area contributed by atoms with Gasteiger partial charge < -0.3 is 5.32 Å². The second kappa shape index (κ2) is 6.08. The molecule has 0 aliphatic carbocycles. The average molecular weight is 267 g/mol. The fourth-order valence-corrected chi connectivity index (χ4v) is 2.63. The van der Waals surface area contributed by atoms with Gasteiger partial charge in [0, 0.05) is 37.8 Å². The van der Waals surface area contributed by atoms with Crippen molar-refractivity contribution in [3.63, 3.8) is 0 Å². The molecule has 0 radical (unpaired) electrons. The van der Waals surface area contributed by atoms with E-state index in [0.717, 1.165) is 38.7 Å². The van der Waals surface area contributed by atoms with Crippen molar-refractivity contribution >= 4 is 5.69 Å². The molecule has 1 fully saturated rings. The van der Waals surface area contributed by atoms with Crippen molar-refractivity contribution < 1.29 is 9.31 Å². The third kappa shape index (κ3) is 3.08. The highest BCUT2D eigenvalue weighted by molar-refractivity contribution is 5.42. The van der Waals surface area contributed by atoms with Crippen LogP contribution in [0.1, 0.15) is 24.9 Å². The third-order valence-electron chi connectivity index (χ3n) is 3.53. The number of rotatable bonds is 4. The first-order chi connectivity index (χ1) is 9.13. The molecule has 0 amide bonds. The zero-order valence-corrected chi connectivity index (χ0v) is 10.9. The Kier molecular flexibility index (Phi) is 4.44. The first-order valence-electron chi connectivity index (χ1n) is 6.52. The van der Waals surface area contributed by atoms with Gasteiger partial charge in [0.15, 0.2) is 0 Å². The van der Waals surface area contributed by atoms with Crippen molar-refractivity contribution in [1.29, 1.82) is 0 Å². The van der Waals surface area contributed by atoms with E-state index in [2.05, 4.69) is 10.2 Å². The molecule has 1 saturated heterocycles. The lowest BCUT2D eigenvalue weighted by Gasteiger charge is -2.34. The molecule has 0 saturated carbocycles. The zero-order valence-electron chi connectivity index (χ0n) is 10.9. The van der Waals surface area contributed by atoms with E-state index in [0.29, 0.717) is 5.56 Å². The van der Waals surface area contributed by atoms with Crippen LogP contribution >= 0.6 is 0 Å². The molecule has 1 N–H and O–H groups in total. The zero-order chi connectivity index (χ0) is 13.8. The van der Waals surface area contributed by atoms with Crippen LogP contribution in [0.15, 0.2) is 18.2 Å². The molecule has 1 aliphatic rings. The first-order valence-corrected chi connectivity index (χ1v) is 6.52. The largest absolute Gasteiger partial charge is 0.314 e. The lowest BCUT2D eigenvalue weighted by molar-refractivity contribution is -0.386. The number of nitro benzene ring substituents is 1. The van der Waals surface area contributed by atoms with Crippen LogP contribution in [0.25, 0.3) is 0 Å². The fraction of sp³-hybridized carbons (Fsp3) is 0.538. The summed E-state index contributed by atoms with van der Waals surface area (Å²) < 4.78 is 13.2. The SMILES string of the molecule is CC[C@H](c1ccc(F)cc1[N+](=O)[O-])N1CCNCC1. The van der Waals surface area contributed by atoms with Crippen LogP contribution in [0, 0.1) is 15.9 Å². The minimum Gasteiger partial charge on any atom is -0.314 e. The highest BCUT2D eigenvalue weighted by Gasteiger charge is 2.27. The molecule has 104 valence electrons. The molecule has 0 aromatic heterocycles. The first kappa shape index (κ1) is 13.9. The molecular weight excluding hydrogens is 249 g/mol. The summed E-state index contributed by atoms with van der Waals surface area (Å²) in [5, 5.41) is 14.3. The maximum atomic E-state index is 13.2. The molecule has 1 aromatic rings. The van der Waals surface area contributed by atoms with Gasteiger partial charge in [-0.15, -0.1) is 0 Å². The molecule has 19 heavy (non-hydrogen) atoms. The number of piperazine rings is 1. The normalized spacial score (nSPS) is 18.2. The van der Waals surface area contributed by atoms with E-state index < -0.39 is 10.7 Å². The second-order valence-electron chi connectivity index (χ2n) is 4.67. The summed E-state index contributed by atoms with van der Waals surface area (Å²) in [4.78, 5) is 12.8. The van der Waals surface area contributed by atoms with Gasteiger partial charge in [-0.1, -0.05) is 6.92 Å². The Bertz CT molecular complexity index is 461.